The van der Waals surface area contributed by atoms with Gasteiger partial charge in [0.05, 0.1) is 0 Å². The van der Waals surface area contributed by atoms with Gasteiger partial charge in [0.2, 0.25) is 0 Å². The van der Waals surface area contributed by atoms with E-state index in [4.69, 9.17) is 10.5 Å². The summed E-state index contributed by atoms with van der Waals surface area (Å²) in [5, 5.41) is 9.72. The van der Waals surface area contributed by atoms with Crippen LogP contribution in [0.3, 0.4) is 0 Å². The second kappa shape index (κ2) is 8.61. The number of fused-ring (bicyclic) bond motifs is 3. The van der Waals surface area contributed by atoms with Crippen LogP contribution in [0.5, 0.6) is 0 Å². The number of carboxylic acid groups (broad SMARTS) is 1. The first-order valence-corrected chi connectivity index (χ1v) is 11.6. The fourth-order valence-corrected chi connectivity index (χ4v) is 5.25. The Balaban J connectivity index is 1.41. The lowest BCUT2D eigenvalue weighted by Gasteiger charge is -2.42. The maximum atomic E-state index is 13.4. The molecule has 1 aliphatic heterocycles. The molecule has 3 aromatic carbocycles. The van der Waals surface area contributed by atoms with Gasteiger partial charge in [-0.05, 0) is 53.3 Å². The summed E-state index contributed by atoms with van der Waals surface area (Å²) in [6, 6.07) is 23.4. The highest BCUT2D eigenvalue weighted by atomic mass is 16.5. The van der Waals surface area contributed by atoms with Crippen molar-refractivity contribution in [3.8, 4) is 11.1 Å². The second-order valence-electron chi connectivity index (χ2n) is 9.32. The Morgan fingerprint density at radius 3 is 2.29 bits per heavy atom. The molecule has 1 fully saturated rings. The standard InChI is InChI=1S/C28H28N2O4/c1-18-7-6-8-19(15-18)30-14-13-28(29,27(32)33)16-25(30)26(31)34-17-24-22-11-4-2-9-20(22)21-10-3-5-12-23(21)24/h2-12,15,24-25H,13-14,16-17,29H2,1H3,(H,32,33). The van der Waals surface area contributed by atoms with Gasteiger partial charge in [0, 0.05) is 24.6 Å². The van der Waals surface area contributed by atoms with Crippen molar-refractivity contribution >= 4 is 17.6 Å². The minimum Gasteiger partial charge on any atom is -0.480 e. The minimum atomic E-state index is -1.46. The summed E-state index contributed by atoms with van der Waals surface area (Å²) in [4.78, 5) is 27.3. The van der Waals surface area contributed by atoms with Crippen LogP contribution in [-0.4, -0.2) is 41.8 Å². The summed E-state index contributed by atoms with van der Waals surface area (Å²) >= 11 is 0. The summed E-state index contributed by atoms with van der Waals surface area (Å²) in [6.45, 7) is 2.54. The third kappa shape index (κ3) is 3.84. The smallest absolute Gasteiger partial charge is 0.328 e. The molecule has 2 atom stereocenters. The summed E-state index contributed by atoms with van der Waals surface area (Å²) in [5.41, 5.74) is 11.3. The van der Waals surface area contributed by atoms with Crippen LogP contribution in [0.15, 0.2) is 72.8 Å². The number of aliphatic carboxylic acids is 1. The van der Waals surface area contributed by atoms with Crippen molar-refractivity contribution in [3.63, 3.8) is 0 Å². The molecule has 174 valence electrons. The van der Waals surface area contributed by atoms with Gasteiger partial charge in [0.15, 0.2) is 0 Å². The number of ether oxygens (including phenoxy) is 1. The van der Waals surface area contributed by atoms with E-state index in [0.717, 1.165) is 33.5 Å². The van der Waals surface area contributed by atoms with Gasteiger partial charge in [-0.3, -0.25) is 4.79 Å². The number of nitrogens with two attached hydrogens (primary N) is 1. The fraction of sp³-hybridized carbons (Fsp3) is 0.286. The highest BCUT2D eigenvalue weighted by Crippen LogP contribution is 2.44. The van der Waals surface area contributed by atoms with E-state index in [1.165, 1.54) is 0 Å². The predicted molar refractivity (Wildman–Crippen MR) is 131 cm³/mol. The van der Waals surface area contributed by atoms with Crippen LogP contribution >= 0.6 is 0 Å². The van der Waals surface area contributed by atoms with E-state index >= 15 is 0 Å². The largest absolute Gasteiger partial charge is 0.480 e. The van der Waals surface area contributed by atoms with Crippen molar-refractivity contribution in [3.05, 3.63) is 89.5 Å². The number of benzene rings is 3. The number of carboxylic acids is 1. The number of anilines is 1. The van der Waals surface area contributed by atoms with Crippen LogP contribution < -0.4 is 10.6 Å². The van der Waals surface area contributed by atoms with Crippen molar-refractivity contribution in [2.75, 3.05) is 18.1 Å². The highest BCUT2D eigenvalue weighted by Gasteiger charge is 2.46. The van der Waals surface area contributed by atoms with Crippen molar-refractivity contribution in [2.24, 2.45) is 5.73 Å². The van der Waals surface area contributed by atoms with E-state index in [9.17, 15) is 14.7 Å². The third-order valence-corrected chi connectivity index (χ3v) is 7.12. The molecule has 6 nitrogen and oxygen atoms in total. The predicted octanol–water partition coefficient (Wildman–Crippen LogP) is 4.10. The quantitative estimate of drug-likeness (QED) is 0.562. The van der Waals surface area contributed by atoms with Crippen LogP contribution in [-0.2, 0) is 14.3 Å². The van der Waals surface area contributed by atoms with Crippen LogP contribution in [0.1, 0.15) is 35.4 Å². The maximum absolute atomic E-state index is 13.4. The molecule has 3 N–H and O–H groups in total. The molecule has 6 heteroatoms. The van der Waals surface area contributed by atoms with E-state index in [-0.39, 0.29) is 25.4 Å². The van der Waals surface area contributed by atoms with Gasteiger partial charge in [-0.15, -0.1) is 0 Å². The zero-order valence-corrected chi connectivity index (χ0v) is 19.1. The number of rotatable bonds is 5. The number of carbonyl (C=O) groups is 2. The minimum absolute atomic E-state index is 0.00699. The van der Waals surface area contributed by atoms with Crippen molar-refractivity contribution in [1.29, 1.82) is 0 Å². The van der Waals surface area contributed by atoms with Crippen molar-refractivity contribution in [1.82, 2.24) is 0 Å². The van der Waals surface area contributed by atoms with Crippen LogP contribution in [0, 0.1) is 6.92 Å². The molecule has 0 spiro atoms. The molecule has 2 unspecified atom stereocenters. The zero-order valence-electron chi connectivity index (χ0n) is 19.1. The lowest BCUT2D eigenvalue weighted by Crippen LogP contribution is -2.61. The lowest BCUT2D eigenvalue weighted by molar-refractivity contribution is -0.149. The summed E-state index contributed by atoms with van der Waals surface area (Å²) in [5.74, 6) is -1.60. The number of hydrogen-bond donors (Lipinski definition) is 2. The van der Waals surface area contributed by atoms with Crippen LogP contribution in [0.25, 0.3) is 11.1 Å². The Morgan fingerprint density at radius 1 is 1.03 bits per heavy atom. The SMILES string of the molecule is Cc1cccc(N2CCC(N)(C(=O)O)CC2C(=O)OCC2c3ccccc3-c3ccccc32)c1. The van der Waals surface area contributed by atoms with Gasteiger partial charge in [-0.25, -0.2) is 4.79 Å². The zero-order chi connectivity index (χ0) is 23.9. The fourth-order valence-electron chi connectivity index (χ4n) is 5.25. The molecule has 0 aromatic heterocycles. The molecule has 1 aliphatic carbocycles. The van der Waals surface area contributed by atoms with E-state index in [1.807, 2.05) is 60.4 Å². The lowest BCUT2D eigenvalue weighted by atomic mass is 9.83. The number of nitrogens with zero attached hydrogens (tertiary/aromatic N) is 1. The molecular weight excluding hydrogens is 428 g/mol. The van der Waals surface area contributed by atoms with Gasteiger partial charge in [0.25, 0.3) is 0 Å². The number of esters is 1. The van der Waals surface area contributed by atoms with E-state index in [2.05, 4.69) is 24.3 Å². The van der Waals surface area contributed by atoms with E-state index in [0.29, 0.717) is 6.54 Å². The van der Waals surface area contributed by atoms with Crippen molar-refractivity contribution < 1.29 is 19.4 Å². The first-order chi connectivity index (χ1) is 16.4. The maximum Gasteiger partial charge on any atom is 0.328 e. The molecule has 0 amide bonds. The Bertz CT molecular complexity index is 1210. The molecule has 0 bridgehead atoms. The molecule has 5 rings (SSSR count). The number of aryl methyl sites for hydroxylation is 1. The summed E-state index contributed by atoms with van der Waals surface area (Å²) < 4.78 is 5.91. The molecule has 0 saturated carbocycles. The Morgan fingerprint density at radius 2 is 1.68 bits per heavy atom. The molecule has 1 saturated heterocycles. The van der Waals surface area contributed by atoms with Gasteiger partial charge in [-0.1, -0.05) is 60.7 Å². The summed E-state index contributed by atoms with van der Waals surface area (Å²) in [7, 11) is 0. The Labute approximate surface area is 199 Å². The van der Waals surface area contributed by atoms with Gasteiger partial charge < -0.3 is 20.5 Å². The average Bonchev–Trinajstić information content (AvgIpc) is 3.16. The summed E-state index contributed by atoms with van der Waals surface area (Å²) in [6.07, 6.45) is 0.246. The molecule has 34 heavy (non-hydrogen) atoms. The average molecular weight is 457 g/mol. The first kappa shape index (κ1) is 22.2. The Kier molecular flexibility index (Phi) is 5.62. The highest BCUT2D eigenvalue weighted by molar-refractivity contribution is 5.86. The molecular formula is C28H28N2O4. The van der Waals surface area contributed by atoms with Gasteiger partial charge in [-0.2, -0.15) is 0 Å². The molecule has 3 aromatic rings. The second-order valence-corrected chi connectivity index (χ2v) is 9.32. The number of piperidine rings is 1. The van der Waals surface area contributed by atoms with E-state index in [1.54, 1.807) is 0 Å². The van der Waals surface area contributed by atoms with Gasteiger partial charge in [0.1, 0.15) is 18.2 Å². The molecule has 0 radical (unpaired) electrons. The van der Waals surface area contributed by atoms with E-state index < -0.39 is 23.5 Å². The Hall–Kier alpha value is -3.64. The normalized spacial score (nSPS) is 21.6. The van der Waals surface area contributed by atoms with Gasteiger partial charge >= 0.3 is 11.9 Å². The third-order valence-electron chi connectivity index (χ3n) is 7.12. The number of hydrogen-bond acceptors (Lipinski definition) is 5. The topological polar surface area (TPSA) is 92.9 Å². The van der Waals surface area contributed by atoms with Crippen LogP contribution in [0.4, 0.5) is 5.69 Å². The number of carbonyl (C=O) groups excluding carboxylic acids is 1. The first-order valence-electron chi connectivity index (χ1n) is 11.6. The molecule has 2 aliphatic rings. The monoisotopic (exact) mass is 456 g/mol. The molecule has 1 heterocycles. The van der Waals surface area contributed by atoms with Crippen molar-refractivity contribution in [2.45, 2.75) is 37.3 Å². The van der Waals surface area contributed by atoms with Crippen LogP contribution in [0.2, 0.25) is 0 Å².